The van der Waals surface area contributed by atoms with Crippen LogP contribution in [0.5, 0.6) is 0 Å². The van der Waals surface area contributed by atoms with E-state index >= 15 is 0 Å². The van der Waals surface area contributed by atoms with Gasteiger partial charge in [0, 0.05) is 0 Å². The van der Waals surface area contributed by atoms with Crippen molar-refractivity contribution >= 4 is 11.4 Å². The van der Waals surface area contributed by atoms with E-state index < -0.39 is 0 Å². The predicted octanol–water partition coefficient (Wildman–Crippen LogP) is 3.62. The van der Waals surface area contributed by atoms with Gasteiger partial charge in [-0.25, -0.2) is 0 Å². The van der Waals surface area contributed by atoms with Crippen molar-refractivity contribution in [3.05, 3.63) is 26.6 Å². The van der Waals surface area contributed by atoms with Gasteiger partial charge in [-0.3, -0.25) is 0 Å². The zero-order valence-electron chi connectivity index (χ0n) is 9.87. The van der Waals surface area contributed by atoms with Crippen molar-refractivity contribution in [2.45, 2.75) is 27.7 Å². The summed E-state index contributed by atoms with van der Waals surface area (Å²) in [5.41, 5.74) is 4.98. The molecule has 0 saturated heterocycles. The van der Waals surface area contributed by atoms with E-state index in [1.54, 1.807) is 19.4 Å². The van der Waals surface area contributed by atoms with Gasteiger partial charge in [0.25, 0.3) is 0 Å². The number of hydrogen-bond donors (Lipinski definition) is 0. The molecule has 81 valence electrons. The predicted molar refractivity (Wildman–Crippen MR) is 62.5 cm³/mol. The van der Waals surface area contributed by atoms with Gasteiger partial charge in [0.15, 0.2) is 0 Å². The quantitative estimate of drug-likeness (QED) is 0.770. The first-order valence-corrected chi connectivity index (χ1v) is 6.23. The Kier molecular flexibility index (Phi) is 4.57. The molecule has 0 saturated carbocycles. The molecule has 0 fully saturated rings. The molecule has 3 heteroatoms. The van der Waals surface area contributed by atoms with Crippen molar-refractivity contribution < 1.29 is 19.4 Å². The molecule has 15 heavy (non-hydrogen) atoms. The first kappa shape index (κ1) is 12.5. The monoisotopic (exact) mass is 288 g/mol. The maximum absolute atomic E-state index is 4.31. The topological polar surface area (TPSA) is 7.60 Å². The third kappa shape index (κ3) is 2.71. The average Bonchev–Trinajstić information content (AvgIpc) is 2.19. The normalized spacial score (nSPS) is 9.80. The van der Waals surface area contributed by atoms with Crippen LogP contribution in [-0.2, 0) is 19.4 Å². The summed E-state index contributed by atoms with van der Waals surface area (Å²) in [6.45, 7) is 10.7. The van der Waals surface area contributed by atoms with Crippen LogP contribution in [0.2, 0.25) is 0 Å². The number of hydrogen-bond acceptors (Lipinski definition) is 1. The molecule has 0 N–H and O–H groups in total. The molecule has 1 aromatic rings. The van der Waals surface area contributed by atoms with Crippen molar-refractivity contribution in [1.29, 1.82) is 0 Å². The molecule has 0 amide bonds. The van der Waals surface area contributed by atoms with E-state index in [0.717, 1.165) is 18.8 Å². The molecule has 0 aliphatic carbocycles. The third-order valence-electron chi connectivity index (χ3n) is 2.70. The Morgan fingerprint density at radius 1 is 1.13 bits per heavy atom. The molecule has 0 atom stereocenters. The Balaban J connectivity index is 3.20. The van der Waals surface area contributed by atoms with E-state index in [0.29, 0.717) is 0 Å². The molecule has 0 radical (unpaired) electrons. The van der Waals surface area contributed by atoms with Crippen LogP contribution >= 0.6 is 0 Å². The maximum atomic E-state index is 4.31. The van der Waals surface area contributed by atoms with E-state index in [1.165, 1.54) is 16.8 Å². The second-order valence-electron chi connectivity index (χ2n) is 3.69. The van der Waals surface area contributed by atoms with Crippen molar-refractivity contribution in [2.75, 3.05) is 18.0 Å². The summed E-state index contributed by atoms with van der Waals surface area (Å²) in [4.78, 5) is 2.36. The fourth-order valence-electron chi connectivity index (χ4n) is 1.85. The number of rotatable bonds is 3. The van der Waals surface area contributed by atoms with Crippen LogP contribution in [0, 0.1) is 13.8 Å². The van der Waals surface area contributed by atoms with Crippen LogP contribution in [0.25, 0.3) is 3.31 Å². The van der Waals surface area contributed by atoms with Crippen LogP contribution in [0.15, 0.2) is 12.1 Å². The molecule has 0 spiro atoms. The van der Waals surface area contributed by atoms with Crippen molar-refractivity contribution in [3.8, 4) is 0 Å². The summed E-state index contributed by atoms with van der Waals surface area (Å²) in [6, 6.07) is 4.45. The SMILES string of the molecule is CCN(CC)c1cc(C)c([N+]#[Mo])c(C)c1. The fourth-order valence-corrected chi connectivity index (χ4v) is 2.56. The summed E-state index contributed by atoms with van der Waals surface area (Å²) < 4.78 is 4.31. The molecule has 1 aromatic carbocycles. The van der Waals surface area contributed by atoms with Crippen molar-refractivity contribution in [2.24, 2.45) is 0 Å². The van der Waals surface area contributed by atoms with Crippen molar-refractivity contribution in [3.63, 3.8) is 0 Å². The number of aryl methyl sites for hydroxylation is 2. The van der Waals surface area contributed by atoms with E-state index in [4.69, 9.17) is 0 Å². The van der Waals surface area contributed by atoms with Gasteiger partial charge in [0.1, 0.15) is 0 Å². The standard InChI is InChI=1S/C12H18N2.Mo/c1-5-14(6-2)11-7-9(3)12(13)10(4)8-11;/h7-8H,5-6H2,1-4H3;/q+1;. The van der Waals surface area contributed by atoms with Gasteiger partial charge in [0.05, 0.1) is 0 Å². The fraction of sp³-hybridized carbons (Fsp3) is 0.500. The molecule has 0 unspecified atom stereocenters. The summed E-state index contributed by atoms with van der Waals surface area (Å²) in [6.07, 6.45) is 0. The molecule has 0 aromatic heterocycles. The van der Waals surface area contributed by atoms with Gasteiger partial charge in [-0.1, -0.05) is 0 Å². The number of anilines is 1. The average molecular weight is 286 g/mol. The van der Waals surface area contributed by atoms with Gasteiger partial charge in [0.2, 0.25) is 0 Å². The molecule has 1 rings (SSSR count). The molecule has 0 aliphatic heterocycles. The zero-order valence-corrected chi connectivity index (χ0v) is 11.9. The molecular formula is C12H18MoN2+. The summed E-state index contributed by atoms with van der Waals surface area (Å²) in [5.74, 6) is 0. The summed E-state index contributed by atoms with van der Waals surface area (Å²) >= 11 is 1.78. The van der Waals surface area contributed by atoms with Gasteiger partial charge < -0.3 is 0 Å². The first-order chi connectivity index (χ1) is 7.13. The van der Waals surface area contributed by atoms with E-state index in [9.17, 15) is 0 Å². The second kappa shape index (κ2) is 5.49. The summed E-state index contributed by atoms with van der Waals surface area (Å²) in [7, 11) is 0. The molecule has 0 aliphatic rings. The molecule has 2 nitrogen and oxygen atoms in total. The Labute approximate surface area is 103 Å². The molecular weight excluding hydrogens is 268 g/mol. The van der Waals surface area contributed by atoms with Gasteiger partial charge in [-0.2, -0.15) is 0 Å². The molecule has 0 heterocycles. The van der Waals surface area contributed by atoms with Crippen molar-refractivity contribution in [1.82, 2.24) is 0 Å². The van der Waals surface area contributed by atoms with Crippen LogP contribution in [0.3, 0.4) is 0 Å². The Bertz CT molecular complexity index is 366. The minimum atomic E-state index is 1.05. The third-order valence-corrected chi connectivity index (χ3v) is 3.14. The number of benzene rings is 1. The second-order valence-corrected chi connectivity index (χ2v) is 4.14. The molecule has 0 bridgehead atoms. The Hall–Kier alpha value is -0.582. The minimum absolute atomic E-state index is 1.05. The zero-order chi connectivity index (χ0) is 11.4. The Morgan fingerprint density at radius 2 is 1.60 bits per heavy atom. The Morgan fingerprint density at radius 3 is 1.93 bits per heavy atom. The van der Waals surface area contributed by atoms with Gasteiger partial charge in [-0.15, -0.1) is 0 Å². The van der Waals surface area contributed by atoms with Gasteiger partial charge in [-0.05, 0) is 0 Å². The van der Waals surface area contributed by atoms with Gasteiger partial charge >= 0.3 is 103 Å². The van der Waals surface area contributed by atoms with Crippen LogP contribution in [0.4, 0.5) is 11.4 Å². The van der Waals surface area contributed by atoms with E-state index in [-0.39, 0.29) is 0 Å². The first-order valence-electron chi connectivity index (χ1n) is 5.33. The number of nitrogens with zero attached hydrogens (tertiary/aromatic N) is 2. The van der Waals surface area contributed by atoms with E-state index in [1.807, 2.05) is 0 Å². The summed E-state index contributed by atoms with van der Waals surface area (Å²) in [5, 5.41) is 0. The van der Waals surface area contributed by atoms with Crippen LogP contribution < -0.4 is 4.90 Å². The van der Waals surface area contributed by atoms with E-state index in [2.05, 4.69) is 48.0 Å². The van der Waals surface area contributed by atoms with Crippen LogP contribution in [0.1, 0.15) is 25.0 Å². The van der Waals surface area contributed by atoms with Crippen LogP contribution in [-0.4, -0.2) is 13.1 Å².